The largest absolute Gasteiger partial charge is 0.496 e. The second-order valence-electron chi connectivity index (χ2n) is 5.70. The van der Waals surface area contributed by atoms with Crippen LogP contribution in [0.25, 0.3) is 11.3 Å². The van der Waals surface area contributed by atoms with Gasteiger partial charge < -0.3 is 14.2 Å². The number of carbonyl (C=O) groups excluding carboxylic acids is 1. The molecule has 1 atom stereocenters. The number of alkyl halides is 1. The molecule has 3 rings (SSSR count). The summed E-state index contributed by atoms with van der Waals surface area (Å²) in [6.07, 6.45) is 2.04. The van der Waals surface area contributed by atoms with E-state index in [1.165, 1.54) is 0 Å². The molecule has 0 saturated heterocycles. The molecule has 122 valence electrons. The van der Waals surface area contributed by atoms with Gasteiger partial charge in [-0.15, -0.1) is 11.6 Å². The highest BCUT2D eigenvalue weighted by Crippen LogP contribution is 2.32. The smallest absolute Gasteiger partial charge is 0.240 e. The standard InChI is InChI=1S/C17H19ClN2O3/c1-11(18)17(21)20(13-7-8-13)10-12-9-16(23-19-12)14-5-3-4-6-15(14)22-2/h3-6,9,11,13H,7-8,10H2,1-2H3. The number of ether oxygens (including phenoxy) is 1. The summed E-state index contributed by atoms with van der Waals surface area (Å²) in [6.45, 7) is 2.11. The van der Waals surface area contributed by atoms with Gasteiger partial charge in [-0.2, -0.15) is 0 Å². The van der Waals surface area contributed by atoms with Crippen LogP contribution in [0.15, 0.2) is 34.9 Å². The van der Waals surface area contributed by atoms with E-state index in [0.29, 0.717) is 18.0 Å². The number of rotatable bonds is 6. The summed E-state index contributed by atoms with van der Waals surface area (Å²) in [5.41, 5.74) is 1.55. The summed E-state index contributed by atoms with van der Waals surface area (Å²) in [4.78, 5) is 14.0. The van der Waals surface area contributed by atoms with E-state index < -0.39 is 5.38 Å². The molecule has 0 spiro atoms. The zero-order chi connectivity index (χ0) is 16.4. The average Bonchev–Trinajstić information content (AvgIpc) is 3.30. The number of carbonyl (C=O) groups is 1. The van der Waals surface area contributed by atoms with Crippen LogP contribution in [0, 0.1) is 0 Å². The Hall–Kier alpha value is -2.01. The number of amides is 1. The molecule has 1 aromatic carbocycles. The molecule has 0 N–H and O–H groups in total. The average molecular weight is 335 g/mol. The maximum Gasteiger partial charge on any atom is 0.240 e. The number of nitrogens with zero attached hydrogens (tertiary/aromatic N) is 2. The Kier molecular flexibility index (Phi) is 4.57. The van der Waals surface area contributed by atoms with Crippen LogP contribution in [-0.4, -0.2) is 34.5 Å². The molecule has 1 unspecified atom stereocenters. The van der Waals surface area contributed by atoms with E-state index in [4.69, 9.17) is 20.9 Å². The van der Waals surface area contributed by atoms with Crippen LogP contribution in [0.1, 0.15) is 25.5 Å². The Morgan fingerprint density at radius 3 is 2.87 bits per heavy atom. The first-order chi connectivity index (χ1) is 11.1. The lowest BCUT2D eigenvalue weighted by Crippen LogP contribution is -2.37. The lowest BCUT2D eigenvalue weighted by Gasteiger charge is -2.22. The van der Waals surface area contributed by atoms with Crippen molar-refractivity contribution in [1.82, 2.24) is 10.1 Å². The van der Waals surface area contributed by atoms with Crippen LogP contribution in [0.5, 0.6) is 5.75 Å². The van der Waals surface area contributed by atoms with Gasteiger partial charge in [0.2, 0.25) is 5.91 Å². The van der Waals surface area contributed by atoms with Crippen molar-refractivity contribution in [3.8, 4) is 17.1 Å². The van der Waals surface area contributed by atoms with E-state index in [9.17, 15) is 4.79 Å². The molecule has 1 amide bonds. The van der Waals surface area contributed by atoms with Crippen molar-refractivity contribution in [2.24, 2.45) is 0 Å². The fourth-order valence-corrected chi connectivity index (χ4v) is 2.66. The fraction of sp³-hybridized carbons (Fsp3) is 0.412. The SMILES string of the molecule is COc1ccccc1-c1cc(CN(C(=O)C(C)Cl)C2CC2)no1. The number of hydrogen-bond acceptors (Lipinski definition) is 4. The van der Waals surface area contributed by atoms with Gasteiger partial charge in [-0.25, -0.2) is 0 Å². The lowest BCUT2D eigenvalue weighted by molar-refractivity contribution is -0.131. The van der Waals surface area contributed by atoms with Crippen molar-refractivity contribution in [3.05, 3.63) is 36.0 Å². The van der Waals surface area contributed by atoms with Gasteiger partial charge in [0.15, 0.2) is 5.76 Å². The zero-order valence-electron chi connectivity index (χ0n) is 13.2. The summed E-state index contributed by atoms with van der Waals surface area (Å²) >= 11 is 5.95. The van der Waals surface area contributed by atoms with Crippen molar-refractivity contribution in [3.63, 3.8) is 0 Å². The third-order valence-corrected chi connectivity index (χ3v) is 4.06. The summed E-state index contributed by atoms with van der Waals surface area (Å²) < 4.78 is 10.8. The van der Waals surface area contributed by atoms with Crippen LogP contribution >= 0.6 is 11.6 Å². The molecule has 1 aromatic heterocycles. The molecule has 1 aliphatic rings. The molecule has 5 nitrogen and oxygen atoms in total. The minimum Gasteiger partial charge on any atom is -0.496 e. The molecule has 1 heterocycles. The first-order valence-electron chi connectivity index (χ1n) is 7.63. The second-order valence-corrected chi connectivity index (χ2v) is 6.35. The van der Waals surface area contributed by atoms with Crippen LogP contribution in [0.3, 0.4) is 0 Å². The zero-order valence-corrected chi connectivity index (χ0v) is 13.9. The van der Waals surface area contributed by atoms with E-state index in [2.05, 4.69) is 5.16 Å². The van der Waals surface area contributed by atoms with Crippen molar-refractivity contribution in [2.75, 3.05) is 7.11 Å². The molecule has 23 heavy (non-hydrogen) atoms. The van der Waals surface area contributed by atoms with E-state index >= 15 is 0 Å². The maximum atomic E-state index is 12.2. The van der Waals surface area contributed by atoms with E-state index in [0.717, 1.165) is 24.2 Å². The molecule has 2 aromatic rings. The third-order valence-electron chi connectivity index (χ3n) is 3.87. The Balaban J connectivity index is 1.80. The predicted molar refractivity (Wildman–Crippen MR) is 87.4 cm³/mol. The molecule has 1 aliphatic carbocycles. The van der Waals surface area contributed by atoms with Crippen molar-refractivity contribution < 1.29 is 14.1 Å². The first kappa shape index (κ1) is 15.9. The Labute approximate surface area is 140 Å². The van der Waals surface area contributed by atoms with Gasteiger partial charge in [0.25, 0.3) is 0 Å². The topological polar surface area (TPSA) is 55.6 Å². The van der Waals surface area contributed by atoms with Gasteiger partial charge in [-0.1, -0.05) is 17.3 Å². The van der Waals surface area contributed by atoms with Crippen molar-refractivity contribution >= 4 is 17.5 Å². The maximum absolute atomic E-state index is 12.2. The van der Waals surface area contributed by atoms with E-state index in [1.54, 1.807) is 18.9 Å². The van der Waals surface area contributed by atoms with Crippen molar-refractivity contribution in [2.45, 2.75) is 37.7 Å². The lowest BCUT2D eigenvalue weighted by atomic mass is 10.1. The number of methoxy groups -OCH3 is 1. The first-order valence-corrected chi connectivity index (χ1v) is 8.07. The molecule has 6 heteroatoms. The Morgan fingerprint density at radius 1 is 1.48 bits per heavy atom. The van der Waals surface area contributed by atoms with Crippen LogP contribution < -0.4 is 4.74 Å². The van der Waals surface area contributed by atoms with E-state index in [-0.39, 0.29) is 11.9 Å². The van der Waals surface area contributed by atoms with Crippen LogP contribution in [0.2, 0.25) is 0 Å². The molecule has 0 radical (unpaired) electrons. The summed E-state index contributed by atoms with van der Waals surface area (Å²) in [6, 6.07) is 9.71. The summed E-state index contributed by atoms with van der Waals surface area (Å²) in [5.74, 6) is 1.29. The molecule has 0 bridgehead atoms. The minimum absolute atomic E-state index is 0.0593. The van der Waals surface area contributed by atoms with Crippen LogP contribution in [-0.2, 0) is 11.3 Å². The predicted octanol–water partition coefficient (Wildman–Crippen LogP) is 3.47. The monoisotopic (exact) mass is 334 g/mol. The molecule has 1 fully saturated rings. The van der Waals surface area contributed by atoms with Gasteiger partial charge in [-0.05, 0) is 31.9 Å². The number of aromatic nitrogens is 1. The minimum atomic E-state index is -0.531. The highest BCUT2D eigenvalue weighted by molar-refractivity contribution is 6.30. The van der Waals surface area contributed by atoms with Gasteiger partial charge >= 0.3 is 0 Å². The third kappa shape index (κ3) is 3.50. The summed E-state index contributed by atoms with van der Waals surface area (Å²) in [7, 11) is 1.62. The highest BCUT2D eigenvalue weighted by atomic mass is 35.5. The van der Waals surface area contributed by atoms with Crippen LogP contribution in [0.4, 0.5) is 0 Å². The number of para-hydroxylation sites is 1. The Bertz CT molecular complexity index is 695. The van der Waals surface area contributed by atoms with Gasteiger partial charge in [0.1, 0.15) is 16.8 Å². The van der Waals surface area contributed by atoms with Gasteiger partial charge in [0, 0.05) is 12.1 Å². The Morgan fingerprint density at radius 2 is 2.22 bits per heavy atom. The fourth-order valence-electron chi connectivity index (χ4n) is 2.54. The van der Waals surface area contributed by atoms with E-state index in [1.807, 2.05) is 30.3 Å². The highest BCUT2D eigenvalue weighted by Gasteiger charge is 2.34. The van der Waals surface area contributed by atoms with Crippen molar-refractivity contribution in [1.29, 1.82) is 0 Å². The number of hydrogen-bond donors (Lipinski definition) is 0. The second kappa shape index (κ2) is 6.62. The quantitative estimate of drug-likeness (QED) is 0.759. The normalized spacial score (nSPS) is 15.3. The number of halogens is 1. The molecular formula is C17H19ClN2O3. The number of benzene rings is 1. The molecular weight excluding hydrogens is 316 g/mol. The summed E-state index contributed by atoms with van der Waals surface area (Å²) in [5, 5.41) is 3.56. The van der Waals surface area contributed by atoms with Gasteiger partial charge in [0.05, 0.1) is 19.2 Å². The molecule has 1 saturated carbocycles. The van der Waals surface area contributed by atoms with Gasteiger partial charge in [-0.3, -0.25) is 4.79 Å². The molecule has 0 aliphatic heterocycles.